The van der Waals surface area contributed by atoms with Crippen molar-refractivity contribution in [2.45, 2.75) is 19.9 Å². The topological polar surface area (TPSA) is 84.0 Å². The Hall–Kier alpha value is -2.33. The van der Waals surface area contributed by atoms with Crippen molar-refractivity contribution in [1.82, 2.24) is 16.0 Å². The highest BCUT2D eigenvalue weighted by Crippen LogP contribution is 2.20. The van der Waals surface area contributed by atoms with Crippen molar-refractivity contribution >= 4 is 35.8 Å². The van der Waals surface area contributed by atoms with Crippen molar-refractivity contribution in [3.63, 3.8) is 0 Å². The maximum absolute atomic E-state index is 12.1. The summed E-state index contributed by atoms with van der Waals surface area (Å²) in [5.41, 5.74) is 2.85. The molecule has 0 heterocycles. The van der Waals surface area contributed by atoms with Crippen molar-refractivity contribution < 1.29 is 14.3 Å². The van der Waals surface area contributed by atoms with Gasteiger partial charge in [-0.25, -0.2) is 0 Å². The predicted molar refractivity (Wildman–Crippen MR) is 136 cm³/mol. The van der Waals surface area contributed by atoms with Crippen molar-refractivity contribution in [2.75, 3.05) is 40.5 Å². The van der Waals surface area contributed by atoms with Gasteiger partial charge in [0.05, 0.1) is 6.61 Å². The van der Waals surface area contributed by atoms with Gasteiger partial charge < -0.3 is 25.4 Å². The quantitative estimate of drug-likeness (QED) is 0.177. The first-order valence-electron chi connectivity index (χ1n) is 10.1. The van der Waals surface area contributed by atoms with Gasteiger partial charge in [-0.3, -0.25) is 9.79 Å². The minimum absolute atomic E-state index is 0. The molecule has 0 radical (unpaired) electrons. The first-order chi connectivity index (χ1) is 14.6. The third-order valence-corrected chi connectivity index (χ3v) is 4.38. The summed E-state index contributed by atoms with van der Waals surface area (Å²) in [6.45, 7) is 4.97. The fourth-order valence-corrected chi connectivity index (χ4v) is 2.78. The van der Waals surface area contributed by atoms with E-state index in [9.17, 15) is 4.79 Å². The molecule has 0 spiro atoms. The van der Waals surface area contributed by atoms with Crippen LogP contribution >= 0.6 is 24.0 Å². The number of hydrogen-bond donors (Lipinski definition) is 3. The molecule has 31 heavy (non-hydrogen) atoms. The molecule has 0 unspecified atom stereocenters. The Morgan fingerprint density at radius 1 is 1.00 bits per heavy atom. The van der Waals surface area contributed by atoms with E-state index in [0.29, 0.717) is 44.4 Å². The minimum atomic E-state index is -0.0877. The Balaban J connectivity index is 0.00000480. The van der Waals surface area contributed by atoms with Crippen LogP contribution < -0.4 is 20.7 Å². The average Bonchev–Trinajstić information content (AvgIpc) is 2.77. The Morgan fingerprint density at radius 2 is 1.74 bits per heavy atom. The summed E-state index contributed by atoms with van der Waals surface area (Å²) in [5, 5.41) is 9.38. The lowest BCUT2D eigenvalue weighted by Crippen LogP contribution is -2.41. The van der Waals surface area contributed by atoms with Gasteiger partial charge in [-0.05, 0) is 30.7 Å². The maximum Gasteiger partial charge on any atom is 0.251 e. The number of nitrogens with zero attached hydrogens (tertiary/aromatic N) is 1. The third kappa shape index (κ3) is 10.0. The number of hydrogen-bond acceptors (Lipinski definition) is 4. The number of nitrogens with one attached hydrogen (secondary N) is 3. The number of aryl methyl sites for hydroxylation is 1. The van der Waals surface area contributed by atoms with Crippen LogP contribution in [0.2, 0.25) is 0 Å². The molecule has 2 rings (SSSR count). The van der Waals surface area contributed by atoms with Crippen LogP contribution in [0, 0.1) is 6.92 Å². The Bertz CT molecular complexity index is 816. The smallest absolute Gasteiger partial charge is 0.251 e. The molecule has 170 valence electrons. The lowest BCUT2D eigenvalue weighted by atomic mass is 10.1. The summed E-state index contributed by atoms with van der Waals surface area (Å²) >= 11 is 0. The second-order valence-corrected chi connectivity index (χ2v) is 6.78. The zero-order valence-electron chi connectivity index (χ0n) is 18.4. The van der Waals surface area contributed by atoms with Gasteiger partial charge in [-0.1, -0.05) is 30.3 Å². The highest BCUT2D eigenvalue weighted by Gasteiger charge is 2.07. The van der Waals surface area contributed by atoms with Gasteiger partial charge in [0.2, 0.25) is 0 Å². The van der Waals surface area contributed by atoms with Gasteiger partial charge in [-0.2, -0.15) is 0 Å². The molecule has 0 aliphatic heterocycles. The van der Waals surface area contributed by atoms with Crippen molar-refractivity contribution in [3.05, 3.63) is 65.2 Å². The summed E-state index contributed by atoms with van der Waals surface area (Å²) in [5.74, 6) is 1.44. The molecule has 7 nitrogen and oxygen atoms in total. The van der Waals surface area contributed by atoms with Gasteiger partial charge in [0, 0.05) is 57.9 Å². The number of aliphatic imine (C=N–C) groups is 1. The highest BCUT2D eigenvalue weighted by atomic mass is 127. The average molecular weight is 540 g/mol. The van der Waals surface area contributed by atoms with E-state index in [1.807, 2.05) is 31.2 Å². The van der Waals surface area contributed by atoms with Gasteiger partial charge >= 0.3 is 0 Å². The summed E-state index contributed by atoms with van der Waals surface area (Å²) in [6, 6.07) is 15.3. The highest BCUT2D eigenvalue weighted by molar-refractivity contribution is 14.0. The lowest BCUT2D eigenvalue weighted by molar-refractivity contribution is 0.0954. The zero-order valence-corrected chi connectivity index (χ0v) is 20.8. The monoisotopic (exact) mass is 540 g/mol. The summed E-state index contributed by atoms with van der Waals surface area (Å²) in [7, 11) is 3.41. The number of carbonyl (C=O) groups is 1. The largest absolute Gasteiger partial charge is 0.493 e. The Morgan fingerprint density at radius 3 is 2.45 bits per heavy atom. The third-order valence-electron chi connectivity index (χ3n) is 4.38. The number of guanidine groups is 1. The first-order valence-corrected chi connectivity index (χ1v) is 10.1. The minimum Gasteiger partial charge on any atom is -0.493 e. The van der Waals surface area contributed by atoms with Gasteiger partial charge in [-0.15, -0.1) is 24.0 Å². The second kappa shape index (κ2) is 15.5. The summed E-state index contributed by atoms with van der Waals surface area (Å²) < 4.78 is 11.0. The van der Waals surface area contributed by atoms with Gasteiger partial charge in [0.15, 0.2) is 5.96 Å². The van der Waals surface area contributed by atoms with E-state index in [-0.39, 0.29) is 29.9 Å². The van der Waals surface area contributed by atoms with E-state index in [1.165, 1.54) is 0 Å². The SMILES string of the molecule is CN=C(NCCNC(=O)c1ccccc1)NCc1ccc(C)cc1OCCCOC.I. The van der Waals surface area contributed by atoms with Crippen LogP contribution in [-0.4, -0.2) is 52.3 Å². The van der Waals surface area contributed by atoms with Crippen molar-refractivity contribution in [1.29, 1.82) is 0 Å². The van der Waals surface area contributed by atoms with Crippen LogP contribution in [0.1, 0.15) is 27.9 Å². The molecule has 2 aromatic carbocycles. The molecule has 3 N–H and O–H groups in total. The second-order valence-electron chi connectivity index (χ2n) is 6.78. The van der Waals surface area contributed by atoms with E-state index in [0.717, 1.165) is 23.3 Å². The van der Waals surface area contributed by atoms with E-state index in [4.69, 9.17) is 9.47 Å². The number of benzene rings is 2. The number of amides is 1. The molecule has 0 fully saturated rings. The number of halogens is 1. The van der Waals surface area contributed by atoms with E-state index >= 15 is 0 Å². The molecular formula is C23H33IN4O3. The van der Waals surface area contributed by atoms with Crippen LogP contribution in [0.3, 0.4) is 0 Å². The summed E-state index contributed by atoms with van der Waals surface area (Å²) in [4.78, 5) is 16.3. The Kier molecular flexibility index (Phi) is 13.3. The number of methoxy groups -OCH3 is 1. The zero-order chi connectivity index (χ0) is 21.6. The van der Waals surface area contributed by atoms with Crippen LogP contribution in [0.25, 0.3) is 0 Å². The fourth-order valence-electron chi connectivity index (χ4n) is 2.78. The van der Waals surface area contributed by atoms with Gasteiger partial charge in [0.1, 0.15) is 5.75 Å². The molecule has 8 heteroatoms. The normalized spacial score (nSPS) is 10.7. The molecule has 0 bridgehead atoms. The van der Waals surface area contributed by atoms with Crippen LogP contribution in [0.15, 0.2) is 53.5 Å². The molecule has 0 saturated heterocycles. The maximum atomic E-state index is 12.1. The molecule has 1 amide bonds. The molecule has 0 atom stereocenters. The summed E-state index contributed by atoms with van der Waals surface area (Å²) in [6.07, 6.45) is 0.842. The van der Waals surface area contributed by atoms with E-state index < -0.39 is 0 Å². The number of carbonyl (C=O) groups excluding carboxylic acids is 1. The van der Waals surface area contributed by atoms with Crippen molar-refractivity contribution in [3.8, 4) is 5.75 Å². The van der Waals surface area contributed by atoms with Crippen molar-refractivity contribution in [2.24, 2.45) is 4.99 Å². The first kappa shape index (κ1) is 26.7. The number of ether oxygens (including phenoxy) is 2. The van der Waals surface area contributed by atoms with Crippen LogP contribution in [-0.2, 0) is 11.3 Å². The van der Waals surface area contributed by atoms with Crippen LogP contribution in [0.4, 0.5) is 0 Å². The standard InChI is InChI=1S/C23H32N4O3.HI/c1-18-10-11-20(21(16-18)30-15-7-14-29-3)17-27-23(24-2)26-13-12-25-22(28)19-8-5-4-6-9-19;/h4-6,8-11,16H,7,12-15,17H2,1-3H3,(H,25,28)(H2,24,26,27);1H. The number of rotatable bonds is 11. The molecule has 0 aliphatic rings. The lowest BCUT2D eigenvalue weighted by Gasteiger charge is -2.15. The molecule has 2 aromatic rings. The predicted octanol–water partition coefficient (Wildman–Crippen LogP) is 3.12. The molecular weight excluding hydrogens is 507 g/mol. The molecule has 0 saturated carbocycles. The molecule has 0 aliphatic carbocycles. The van der Waals surface area contributed by atoms with Crippen LogP contribution in [0.5, 0.6) is 5.75 Å². The molecule has 0 aromatic heterocycles. The van der Waals surface area contributed by atoms with E-state index in [2.05, 4.69) is 33.1 Å². The Labute approximate surface area is 202 Å². The van der Waals surface area contributed by atoms with Gasteiger partial charge in [0.25, 0.3) is 5.91 Å². The fraction of sp³-hybridized carbons (Fsp3) is 0.391. The van der Waals surface area contributed by atoms with E-state index in [1.54, 1.807) is 26.3 Å².